The molecule has 0 aromatic heterocycles. The summed E-state index contributed by atoms with van der Waals surface area (Å²) in [5.41, 5.74) is 26.6. The summed E-state index contributed by atoms with van der Waals surface area (Å²) >= 11 is 0. The minimum Gasteiger partial charge on any atom is -0.311 e. The molecule has 2 heterocycles. The lowest BCUT2D eigenvalue weighted by molar-refractivity contribution is 0.590. The van der Waals surface area contributed by atoms with Gasteiger partial charge in [0, 0.05) is 34.1 Å². The molecule has 3 heteroatoms. The van der Waals surface area contributed by atoms with Crippen LogP contribution in [-0.4, -0.2) is 6.71 Å². The van der Waals surface area contributed by atoms with Gasteiger partial charge in [0.1, 0.15) is 0 Å². The van der Waals surface area contributed by atoms with E-state index in [2.05, 4.69) is 252 Å². The van der Waals surface area contributed by atoms with Crippen LogP contribution in [0.3, 0.4) is 0 Å². The Kier molecular flexibility index (Phi) is 8.18. The van der Waals surface area contributed by atoms with Crippen LogP contribution < -0.4 is 26.2 Å². The number of benzene rings is 9. The molecule has 66 heavy (non-hydrogen) atoms. The van der Waals surface area contributed by atoms with E-state index in [0.29, 0.717) is 0 Å². The lowest BCUT2D eigenvalue weighted by Gasteiger charge is -2.45. The molecule has 316 valence electrons. The van der Waals surface area contributed by atoms with Crippen molar-refractivity contribution in [3.8, 4) is 33.4 Å². The van der Waals surface area contributed by atoms with Crippen LogP contribution >= 0.6 is 0 Å². The van der Waals surface area contributed by atoms with Crippen molar-refractivity contribution in [1.82, 2.24) is 0 Å². The van der Waals surface area contributed by atoms with E-state index >= 15 is 0 Å². The van der Waals surface area contributed by atoms with Crippen molar-refractivity contribution in [2.24, 2.45) is 0 Å². The van der Waals surface area contributed by atoms with Gasteiger partial charge in [0.15, 0.2) is 0 Å². The van der Waals surface area contributed by atoms with Crippen LogP contribution in [0.15, 0.2) is 200 Å². The zero-order chi connectivity index (χ0) is 44.7. The molecule has 0 saturated carbocycles. The molecule has 9 aromatic carbocycles. The normalized spacial score (nSPS) is 14.5. The largest absolute Gasteiger partial charge is 0.311 e. The minimum atomic E-state index is -0.396. The van der Waals surface area contributed by atoms with E-state index in [1.807, 2.05) is 0 Å². The number of fused-ring (bicyclic) bond motifs is 14. The number of hydrogen-bond donors (Lipinski definition) is 0. The second-order valence-electron chi connectivity index (χ2n) is 20.9. The van der Waals surface area contributed by atoms with Crippen molar-refractivity contribution in [3.63, 3.8) is 0 Å². The molecule has 0 fully saturated rings. The van der Waals surface area contributed by atoms with Crippen molar-refractivity contribution in [2.75, 3.05) is 9.80 Å². The molecule has 0 radical (unpaired) electrons. The van der Waals surface area contributed by atoms with Gasteiger partial charge < -0.3 is 9.80 Å². The Labute approximate surface area is 389 Å². The van der Waals surface area contributed by atoms with Gasteiger partial charge in [-0.05, 0) is 143 Å². The Bertz CT molecular complexity index is 3410. The van der Waals surface area contributed by atoms with E-state index < -0.39 is 5.41 Å². The third kappa shape index (κ3) is 5.37. The highest BCUT2D eigenvalue weighted by Crippen LogP contribution is 2.63. The van der Waals surface area contributed by atoms with Gasteiger partial charge in [-0.3, -0.25) is 0 Å². The Hall–Kier alpha value is -7.36. The molecular formula is C63H51BN2. The first-order valence-corrected chi connectivity index (χ1v) is 23.6. The molecule has 1 spiro atoms. The van der Waals surface area contributed by atoms with Gasteiger partial charge in [-0.2, -0.15) is 0 Å². The predicted octanol–water partition coefficient (Wildman–Crippen LogP) is 14.4. The van der Waals surface area contributed by atoms with Crippen LogP contribution in [-0.2, 0) is 16.2 Å². The van der Waals surface area contributed by atoms with Crippen molar-refractivity contribution in [2.45, 2.75) is 57.8 Å². The average molecular weight is 847 g/mol. The van der Waals surface area contributed by atoms with Gasteiger partial charge >= 0.3 is 0 Å². The van der Waals surface area contributed by atoms with Gasteiger partial charge in [0.25, 0.3) is 6.71 Å². The van der Waals surface area contributed by atoms with Crippen molar-refractivity contribution in [3.05, 3.63) is 234 Å². The van der Waals surface area contributed by atoms with E-state index in [0.717, 1.165) is 5.69 Å². The molecule has 0 bridgehead atoms. The summed E-state index contributed by atoms with van der Waals surface area (Å²) < 4.78 is 0. The maximum atomic E-state index is 2.58. The summed E-state index contributed by atoms with van der Waals surface area (Å²) in [6, 6.07) is 76.4. The van der Waals surface area contributed by atoms with E-state index in [4.69, 9.17) is 0 Å². The summed E-state index contributed by atoms with van der Waals surface area (Å²) in [5.74, 6) is 0. The van der Waals surface area contributed by atoms with Gasteiger partial charge in [-0.15, -0.1) is 0 Å². The number of para-hydroxylation sites is 1. The molecule has 0 saturated heterocycles. The summed E-state index contributed by atoms with van der Waals surface area (Å²) in [4.78, 5) is 5.14. The summed E-state index contributed by atoms with van der Waals surface area (Å²) in [5, 5.41) is 0. The summed E-state index contributed by atoms with van der Waals surface area (Å²) in [6.07, 6.45) is 0. The molecule has 2 nitrogen and oxygen atoms in total. The number of anilines is 6. The zero-order valence-electron chi connectivity index (χ0n) is 38.5. The molecule has 0 atom stereocenters. The highest BCUT2D eigenvalue weighted by Gasteiger charge is 2.52. The van der Waals surface area contributed by atoms with E-state index in [1.165, 1.54) is 112 Å². The lowest BCUT2D eigenvalue weighted by Crippen LogP contribution is -2.61. The minimum absolute atomic E-state index is 0.0207. The van der Waals surface area contributed by atoms with E-state index in [9.17, 15) is 0 Å². The monoisotopic (exact) mass is 846 g/mol. The third-order valence-corrected chi connectivity index (χ3v) is 15.2. The third-order valence-electron chi connectivity index (χ3n) is 15.2. The van der Waals surface area contributed by atoms with Crippen LogP contribution in [0.4, 0.5) is 34.1 Å². The van der Waals surface area contributed by atoms with Gasteiger partial charge in [-0.25, -0.2) is 0 Å². The van der Waals surface area contributed by atoms with Gasteiger partial charge in [0.2, 0.25) is 0 Å². The molecule has 4 aliphatic rings. The molecule has 9 aromatic rings. The van der Waals surface area contributed by atoms with Gasteiger partial charge in [0.05, 0.1) is 5.41 Å². The van der Waals surface area contributed by atoms with Crippen molar-refractivity contribution < 1.29 is 0 Å². The Morgan fingerprint density at radius 1 is 0.348 bits per heavy atom. The summed E-state index contributed by atoms with van der Waals surface area (Å²) in [7, 11) is 0. The van der Waals surface area contributed by atoms with Crippen molar-refractivity contribution in [1.29, 1.82) is 0 Å². The smallest absolute Gasteiger partial charge is 0.252 e. The molecule has 0 unspecified atom stereocenters. The molecular weight excluding hydrogens is 796 g/mol. The highest BCUT2D eigenvalue weighted by atomic mass is 15.2. The fourth-order valence-electron chi connectivity index (χ4n) is 12.1. The standard InChI is InChI=1S/C63H51BN2/c1-61(2,3)42-28-31-44(32-29-42)65-57-35-30-43(62(4,5)6)38-55(57)64-54-26-16-17-27-56(54)66(59-37-41(36-58(65)60(59)64)40-18-8-7-9-19-40)45-33-34-53-49(39-45)48-22-12-15-25-52(48)63(53)50-23-13-10-20-46(50)47-21-11-14-24-51(47)63/h7-39H,1-6H3. The van der Waals surface area contributed by atoms with Crippen molar-refractivity contribution >= 4 is 57.2 Å². The second kappa shape index (κ2) is 13.8. The first kappa shape index (κ1) is 39.0. The maximum Gasteiger partial charge on any atom is 0.252 e. The first-order valence-electron chi connectivity index (χ1n) is 23.6. The number of nitrogens with zero attached hydrogens (tertiary/aromatic N) is 2. The topological polar surface area (TPSA) is 6.48 Å². The summed E-state index contributed by atoms with van der Waals surface area (Å²) in [6.45, 7) is 13.9. The molecule has 13 rings (SSSR count). The van der Waals surface area contributed by atoms with Gasteiger partial charge in [-0.1, -0.05) is 193 Å². The number of hydrogen-bond acceptors (Lipinski definition) is 2. The van der Waals surface area contributed by atoms with Crippen LogP contribution in [0.25, 0.3) is 33.4 Å². The Morgan fingerprint density at radius 2 is 0.833 bits per heavy atom. The van der Waals surface area contributed by atoms with Crippen LogP contribution in [0.1, 0.15) is 74.9 Å². The number of rotatable bonds is 3. The maximum absolute atomic E-state index is 2.58. The highest BCUT2D eigenvalue weighted by molar-refractivity contribution is 7.00. The quantitative estimate of drug-likeness (QED) is 0.163. The molecule has 0 amide bonds. The fraction of sp³-hybridized carbons (Fsp3) is 0.143. The molecule has 2 aliphatic carbocycles. The average Bonchev–Trinajstić information content (AvgIpc) is 3.80. The zero-order valence-corrected chi connectivity index (χ0v) is 38.5. The van der Waals surface area contributed by atoms with E-state index in [-0.39, 0.29) is 17.5 Å². The lowest BCUT2D eigenvalue weighted by atomic mass is 9.33. The molecule has 2 aliphatic heterocycles. The molecule has 0 N–H and O–H groups in total. The van der Waals surface area contributed by atoms with E-state index in [1.54, 1.807) is 0 Å². The fourth-order valence-corrected chi connectivity index (χ4v) is 12.1. The SMILES string of the molecule is CC(C)(C)c1ccc(N2c3ccc(C(C)(C)C)cc3B3c4ccccc4N(c4ccc5c(c4)-c4ccccc4C54c5ccccc5-c5ccccc54)c4cc(-c5ccccc5)cc2c43)cc1. The Balaban J connectivity index is 1.10. The predicted molar refractivity (Wildman–Crippen MR) is 280 cm³/mol. The van der Waals surface area contributed by atoms with Crippen LogP contribution in [0.5, 0.6) is 0 Å². The Morgan fingerprint density at radius 3 is 1.45 bits per heavy atom. The van der Waals surface area contributed by atoms with Crippen LogP contribution in [0, 0.1) is 0 Å². The second-order valence-corrected chi connectivity index (χ2v) is 20.9. The first-order chi connectivity index (χ1) is 32.0. The van der Waals surface area contributed by atoms with Crippen LogP contribution in [0.2, 0.25) is 0 Å².